The molecule has 3 nitrogen and oxygen atoms in total. The summed E-state index contributed by atoms with van der Waals surface area (Å²) >= 11 is 0. The standard InChI is InChI=1S/C12H14F3NO2S/c1-11(7-4-8-11)16-9-5-2-3-6-10(9)19(17,18)12(13,14)15/h2-3,5-6,16H,4,7-8H2,1H3. The molecule has 0 saturated heterocycles. The van der Waals surface area contributed by atoms with Crippen molar-refractivity contribution in [1.29, 1.82) is 0 Å². The fourth-order valence-electron chi connectivity index (χ4n) is 2.09. The summed E-state index contributed by atoms with van der Waals surface area (Å²) < 4.78 is 60.8. The van der Waals surface area contributed by atoms with Crippen molar-refractivity contribution >= 4 is 15.5 Å². The summed E-state index contributed by atoms with van der Waals surface area (Å²) in [6.07, 6.45) is 2.61. The number of anilines is 1. The van der Waals surface area contributed by atoms with Crippen LogP contribution in [0.4, 0.5) is 18.9 Å². The van der Waals surface area contributed by atoms with Gasteiger partial charge < -0.3 is 5.32 Å². The van der Waals surface area contributed by atoms with E-state index in [0.717, 1.165) is 25.3 Å². The second-order valence-electron chi connectivity index (χ2n) is 4.98. The fraction of sp³-hybridized carbons (Fsp3) is 0.500. The van der Waals surface area contributed by atoms with Gasteiger partial charge in [-0.15, -0.1) is 0 Å². The van der Waals surface area contributed by atoms with Gasteiger partial charge in [-0.1, -0.05) is 12.1 Å². The lowest BCUT2D eigenvalue weighted by Gasteiger charge is -2.40. The maximum absolute atomic E-state index is 12.6. The van der Waals surface area contributed by atoms with Crippen LogP contribution in [0.1, 0.15) is 26.2 Å². The first-order valence-electron chi connectivity index (χ1n) is 5.84. The first-order chi connectivity index (χ1) is 8.66. The van der Waals surface area contributed by atoms with E-state index >= 15 is 0 Å². The summed E-state index contributed by atoms with van der Waals surface area (Å²) in [4.78, 5) is -0.712. The van der Waals surface area contributed by atoms with E-state index in [1.807, 2.05) is 6.92 Å². The molecule has 0 spiro atoms. The topological polar surface area (TPSA) is 46.2 Å². The highest BCUT2D eigenvalue weighted by Gasteiger charge is 2.48. The van der Waals surface area contributed by atoms with Gasteiger partial charge in [0.05, 0.1) is 10.6 Å². The summed E-state index contributed by atoms with van der Waals surface area (Å²) in [5.41, 5.74) is -5.59. The smallest absolute Gasteiger partial charge is 0.379 e. The molecule has 1 aliphatic carbocycles. The van der Waals surface area contributed by atoms with Crippen molar-refractivity contribution in [3.8, 4) is 0 Å². The summed E-state index contributed by atoms with van der Waals surface area (Å²) in [6, 6.07) is 5.14. The van der Waals surface area contributed by atoms with Crippen LogP contribution in [0.2, 0.25) is 0 Å². The van der Waals surface area contributed by atoms with Crippen LogP contribution in [0, 0.1) is 0 Å². The monoisotopic (exact) mass is 293 g/mol. The first kappa shape index (κ1) is 14.2. The van der Waals surface area contributed by atoms with Crippen molar-refractivity contribution in [1.82, 2.24) is 0 Å². The third kappa shape index (κ3) is 2.56. The van der Waals surface area contributed by atoms with Gasteiger partial charge >= 0.3 is 5.51 Å². The van der Waals surface area contributed by atoms with Gasteiger partial charge in [0.25, 0.3) is 9.84 Å². The molecule has 1 aliphatic rings. The van der Waals surface area contributed by atoms with Crippen LogP contribution in [0.5, 0.6) is 0 Å². The zero-order valence-electron chi connectivity index (χ0n) is 10.3. The molecule has 1 N–H and O–H groups in total. The van der Waals surface area contributed by atoms with Crippen LogP contribution in [0.15, 0.2) is 29.2 Å². The second kappa shape index (κ2) is 4.40. The first-order valence-corrected chi connectivity index (χ1v) is 7.33. The number of sulfone groups is 1. The highest BCUT2D eigenvalue weighted by Crippen LogP contribution is 2.39. The van der Waals surface area contributed by atoms with E-state index in [1.54, 1.807) is 0 Å². The number of nitrogens with one attached hydrogen (secondary N) is 1. The lowest BCUT2D eigenvalue weighted by molar-refractivity contribution is -0.0435. The zero-order valence-corrected chi connectivity index (χ0v) is 11.1. The Labute approximate surface area is 109 Å². The Morgan fingerprint density at radius 3 is 2.26 bits per heavy atom. The van der Waals surface area contributed by atoms with E-state index in [9.17, 15) is 21.6 Å². The molecular formula is C12H14F3NO2S. The van der Waals surface area contributed by atoms with E-state index in [0.29, 0.717) is 0 Å². The van der Waals surface area contributed by atoms with Gasteiger partial charge in [-0.05, 0) is 38.3 Å². The fourth-order valence-corrected chi connectivity index (χ4v) is 3.00. The molecular weight excluding hydrogens is 279 g/mol. The molecule has 1 fully saturated rings. The van der Waals surface area contributed by atoms with Gasteiger partial charge in [-0.25, -0.2) is 8.42 Å². The number of para-hydroxylation sites is 1. The molecule has 1 aromatic rings. The molecule has 0 amide bonds. The Balaban J connectivity index is 2.42. The average Bonchev–Trinajstić information content (AvgIpc) is 2.26. The molecule has 1 aromatic carbocycles. The zero-order chi connectivity index (χ0) is 14.3. The number of halogens is 3. The molecule has 106 valence electrons. The molecule has 2 rings (SSSR count). The number of hydrogen-bond acceptors (Lipinski definition) is 3. The summed E-state index contributed by atoms with van der Waals surface area (Å²) in [5.74, 6) is 0. The van der Waals surface area contributed by atoms with Gasteiger partial charge in [-0.2, -0.15) is 13.2 Å². The Kier molecular flexibility index (Phi) is 3.28. The van der Waals surface area contributed by atoms with Crippen LogP contribution < -0.4 is 5.32 Å². The third-order valence-electron chi connectivity index (χ3n) is 3.37. The molecule has 7 heteroatoms. The van der Waals surface area contributed by atoms with Crippen LogP contribution in [-0.4, -0.2) is 19.5 Å². The summed E-state index contributed by atoms with van der Waals surface area (Å²) in [6.45, 7) is 1.87. The largest absolute Gasteiger partial charge is 0.501 e. The number of benzene rings is 1. The Hall–Kier alpha value is -1.24. The van der Waals surface area contributed by atoms with Gasteiger partial charge in [0.1, 0.15) is 0 Å². The Morgan fingerprint density at radius 1 is 1.21 bits per heavy atom. The van der Waals surface area contributed by atoms with E-state index in [-0.39, 0.29) is 11.2 Å². The SMILES string of the molecule is CC1(Nc2ccccc2S(=O)(=O)C(F)(F)F)CCC1. The van der Waals surface area contributed by atoms with Gasteiger partial charge in [0.15, 0.2) is 0 Å². The van der Waals surface area contributed by atoms with Crippen LogP contribution in [-0.2, 0) is 9.84 Å². The third-order valence-corrected chi connectivity index (χ3v) is 4.92. The predicted molar refractivity (Wildman–Crippen MR) is 65.6 cm³/mol. The van der Waals surface area contributed by atoms with E-state index in [1.165, 1.54) is 18.2 Å². The Bertz CT molecular complexity index is 577. The summed E-state index contributed by atoms with van der Waals surface area (Å²) in [5, 5.41) is 2.92. The summed E-state index contributed by atoms with van der Waals surface area (Å²) in [7, 11) is -5.33. The van der Waals surface area contributed by atoms with Crippen molar-refractivity contribution in [2.75, 3.05) is 5.32 Å². The molecule has 0 radical (unpaired) electrons. The predicted octanol–water partition coefficient (Wildman–Crippen LogP) is 3.33. The quantitative estimate of drug-likeness (QED) is 0.929. The molecule has 0 unspecified atom stereocenters. The lowest BCUT2D eigenvalue weighted by atomic mass is 9.78. The molecule has 19 heavy (non-hydrogen) atoms. The second-order valence-corrected chi connectivity index (χ2v) is 6.89. The van der Waals surface area contributed by atoms with E-state index in [2.05, 4.69) is 5.32 Å². The molecule has 1 saturated carbocycles. The Morgan fingerprint density at radius 2 is 1.79 bits per heavy atom. The van der Waals surface area contributed by atoms with Gasteiger partial charge in [-0.3, -0.25) is 0 Å². The molecule has 0 bridgehead atoms. The van der Waals surface area contributed by atoms with Crippen molar-refractivity contribution in [3.63, 3.8) is 0 Å². The minimum atomic E-state index is -5.33. The number of hydrogen-bond donors (Lipinski definition) is 1. The molecule has 0 aromatic heterocycles. The van der Waals surface area contributed by atoms with Gasteiger partial charge in [0.2, 0.25) is 0 Å². The molecule has 0 heterocycles. The maximum Gasteiger partial charge on any atom is 0.501 e. The molecule has 0 aliphatic heterocycles. The van der Waals surface area contributed by atoms with Crippen LogP contribution in [0.3, 0.4) is 0 Å². The average molecular weight is 293 g/mol. The van der Waals surface area contributed by atoms with Crippen molar-refractivity contribution in [3.05, 3.63) is 24.3 Å². The van der Waals surface area contributed by atoms with E-state index in [4.69, 9.17) is 0 Å². The van der Waals surface area contributed by atoms with Crippen molar-refractivity contribution in [2.45, 2.75) is 42.1 Å². The maximum atomic E-state index is 12.6. The number of rotatable bonds is 3. The lowest BCUT2D eigenvalue weighted by Crippen LogP contribution is -2.42. The minimum Gasteiger partial charge on any atom is -0.379 e. The van der Waals surface area contributed by atoms with E-state index < -0.39 is 20.2 Å². The normalized spacial score (nSPS) is 18.7. The highest BCUT2D eigenvalue weighted by atomic mass is 32.2. The van der Waals surface area contributed by atoms with Crippen LogP contribution >= 0.6 is 0 Å². The van der Waals surface area contributed by atoms with Gasteiger partial charge in [0, 0.05) is 5.54 Å². The van der Waals surface area contributed by atoms with Crippen molar-refractivity contribution < 1.29 is 21.6 Å². The molecule has 0 atom stereocenters. The minimum absolute atomic E-state index is 0.0158. The number of alkyl halides is 3. The van der Waals surface area contributed by atoms with Crippen molar-refractivity contribution in [2.24, 2.45) is 0 Å². The van der Waals surface area contributed by atoms with Crippen LogP contribution in [0.25, 0.3) is 0 Å². The highest BCUT2D eigenvalue weighted by molar-refractivity contribution is 7.92.